The predicted molar refractivity (Wildman–Crippen MR) is 60.9 cm³/mol. The van der Waals surface area contributed by atoms with Gasteiger partial charge >= 0.3 is 6.18 Å². The summed E-state index contributed by atoms with van der Waals surface area (Å²) in [4.78, 5) is 0. The average Bonchev–Trinajstić information content (AvgIpc) is 2.25. The third kappa shape index (κ3) is 3.66. The second-order valence-corrected chi connectivity index (χ2v) is 3.44. The Labute approximate surface area is 108 Å². The highest BCUT2D eigenvalue weighted by Gasteiger charge is 2.43. The van der Waals surface area contributed by atoms with Crippen LogP contribution in [0.5, 0.6) is 11.5 Å². The highest BCUT2D eigenvalue weighted by molar-refractivity contribution is 5.85. The van der Waals surface area contributed by atoms with Crippen molar-refractivity contribution < 1.29 is 28.1 Å². The van der Waals surface area contributed by atoms with Crippen molar-refractivity contribution >= 4 is 12.4 Å². The summed E-state index contributed by atoms with van der Waals surface area (Å²) in [5.41, 5.74) is 5.29. The largest absolute Gasteiger partial charge is 0.508 e. The van der Waals surface area contributed by atoms with Crippen LogP contribution in [0.4, 0.5) is 13.2 Å². The first-order valence-corrected chi connectivity index (χ1v) is 4.64. The summed E-state index contributed by atoms with van der Waals surface area (Å²) >= 11 is 0. The Morgan fingerprint density at radius 3 is 2.33 bits per heavy atom. The van der Waals surface area contributed by atoms with E-state index in [4.69, 9.17) is 20.7 Å². The molecule has 0 spiro atoms. The Morgan fingerprint density at radius 1 is 1.33 bits per heavy atom. The van der Waals surface area contributed by atoms with Gasteiger partial charge in [0.05, 0.1) is 13.2 Å². The molecule has 4 nitrogen and oxygen atoms in total. The minimum absolute atomic E-state index is 0. The van der Waals surface area contributed by atoms with Crippen molar-refractivity contribution in [2.75, 3.05) is 7.11 Å². The van der Waals surface area contributed by atoms with Crippen molar-refractivity contribution in [3.05, 3.63) is 23.8 Å². The SMILES string of the molecule is COc1cc(O)ccc1[C@@H](N)[C@@H](O)C(F)(F)F.Cl. The second-order valence-electron chi connectivity index (χ2n) is 3.44. The molecular weight excluding hydrogens is 275 g/mol. The molecule has 18 heavy (non-hydrogen) atoms. The van der Waals surface area contributed by atoms with Crippen molar-refractivity contribution in [2.45, 2.75) is 18.3 Å². The van der Waals surface area contributed by atoms with E-state index < -0.39 is 18.3 Å². The lowest BCUT2D eigenvalue weighted by molar-refractivity contribution is -0.210. The zero-order chi connectivity index (χ0) is 13.2. The van der Waals surface area contributed by atoms with Crippen LogP contribution in [0, 0.1) is 0 Å². The van der Waals surface area contributed by atoms with Gasteiger partial charge in [-0.1, -0.05) is 0 Å². The topological polar surface area (TPSA) is 75.7 Å². The Hall–Kier alpha value is -1.18. The fourth-order valence-electron chi connectivity index (χ4n) is 1.35. The molecule has 0 bridgehead atoms. The van der Waals surface area contributed by atoms with Gasteiger partial charge in [-0.3, -0.25) is 0 Å². The van der Waals surface area contributed by atoms with Crippen LogP contribution in [0.1, 0.15) is 11.6 Å². The lowest BCUT2D eigenvalue weighted by atomic mass is 10.0. The standard InChI is InChI=1S/C10H12F3NO3.ClH/c1-17-7-4-5(15)2-3-6(7)8(14)9(16)10(11,12)13;/h2-4,8-9,15-16H,14H2,1H3;1H/t8-,9-;/m1./s1. The molecule has 0 saturated heterocycles. The zero-order valence-electron chi connectivity index (χ0n) is 9.31. The van der Waals surface area contributed by atoms with Crippen LogP contribution in [0.25, 0.3) is 0 Å². The van der Waals surface area contributed by atoms with Gasteiger partial charge in [-0.25, -0.2) is 0 Å². The van der Waals surface area contributed by atoms with E-state index >= 15 is 0 Å². The number of phenols is 1. The van der Waals surface area contributed by atoms with Crippen molar-refractivity contribution in [1.29, 1.82) is 0 Å². The van der Waals surface area contributed by atoms with Gasteiger partial charge in [-0.05, 0) is 12.1 Å². The van der Waals surface area contributed by atoms with Crippen LogP contribution in [0.2, 0.25) is 0 Å². The van der Waals surface area contributed by atoms with Gasteiger partial charge in [-0.15, -0.1) is 12.4 Å². The quantitative estimate of drug-likeness (QED) is 0.791. The van der Waals surface area contributed by atoms with E-state index in [1.807, 2.05) is 0 Å². The Bertz CT molecular complexity index is 400. The van der Waals surface area contributed by atoms with Crippen LogP contribution in [-0.2, 0) is 0 Å². The number of alkyl halides is 3. The number of aliphatic hydroxyl groups excluding tert-OH is 1. The lowest BCUT2D eigenvalue weighted by Gasteiger charge is -2.23. The van der Waals surface area contributed by atoms with Crippen LogP contribution >= 0.6 is 12.4 Å². The number of phenolic OH excluding ortho intramolecular Hbond substituents is 1. The molecule has 104 valence electrons. The summed E-state index contributed by atoms with van der Waals surface area (Å²) in [6.07, 6.45) is -7.51. The summed E-state index contributed by atoms with van der Waals surface area (Å²) in [5, 5.41) is 18.2. The van der Waals surface area contributed by atoms with Crippen molar-refractivity contribution in [3.8, 4) is 11.5 Å². The summed E-state index contributed by atoms with van der Waals surface area (Å²) in [6.45, 7) is 0. The number of aliphatic hydroxyl groups is 1. The van der Waals surface area contributed by atoms with E-state index in [0.29, 0.717) is 0 Å². The van der Waals surface area contributed by atoms with Gasteiger partial charge in [0.15, 0.2) is 6.10 Å². The molecule has 1 aromatic rings. The maximum Gasteiger partial charge on any atom is 0.416 e. The van der Waals surface area contributed by atoms with Gasteiger partial charge in [0.1, 0.15) is 11.5 Å². The van der Waals surface area contributed by atoms with Gasteiger partial charge in [0.2, 0.25) is 0 Å². The summed E-state index contributed by atoms with van der Waals surface area (Å²) in [5.74, 6) is -0.180. The normalized spacial score (nSPS) is 14.6. The maximum absolute atomic E-state index is 12.3. The smallest absolute Gasteiger partial charge is 0.416 e. The number of hydrogen-bond acceptors (Lipinski definition) is 4. The first-order valence-electron chi connectivity index (χ1n) is 4.64. The molecule has 0 fully saturated rings. The second kappa shape index (κ2) is 6.12. The molecule has 0 aromatic heterocycles. The van der Waals surface area contributed by atoms with Crippen LogP contribution in [0.15, 0.2) is 18.2 Å². The van der Waals surface area contributed by atoms with Crippen molar-refractivity contribution in [3.63, 3.8) is 0 Å². The van der Waals surface area contributed by atoms with Crippen LogP contribution in [-0.4, -0.2) is 29.6 Å². The number of nitrogens with two attached hydrogens (primary N) is 1. The number of halogens is 4. The molecule has 0 amide bonds. The molecule has 0 aliphatic rings. The number of methoxy groups -OCH3 is 1. The zero-order valence-corrected chi connectivity index (χ0v) is 10.1. The molecule has 2 atom stereocenters. The maximum atomic E-state index is 12.3. The van der Waals surface area contributed by atoms with E-state index in [9.17, 15) is 13.2 Å². The van der Waals surface area contributed by atoms with Crippen LogP contribution < -0.4 is 10.5 Å². The predicted octanol–water partition coefficient (Wildman–Crippen LogP) is 1.75. The fraction of sp³-hybridized carbons (Fsp3) is 0.400. The molecule has 1 aromatic carbocycles. The molecule has 0 saturated carbocycles. The molecule has 4 N–H and O–H groups in total. The minimum Gasteiger partial charge on any atom is -0.508 e. The van der Waals surface area contributed by atoms with Crippen molar-refractivity contribution in [2.24, 2.45) is 5.73 Å². The molecule has 0 heterocycles. The van der Waals surface area contributed by atoms with E-state index in [2.05, 4.69) is 0 Å². The third-order valence-corrected chi connectivity index (χ3v) is 2.25. The summed E-state index contributed by atoms with van der Waals surface area (Å²) < 4.78 is 41.6. The monoisotopic (exact) mass is 287 g/mol. The number of rotatable bonds is 3. The van der Waals surface area contributed by atoms with Gasteiger partial charge in [0.25, 0.3) is 0 Å². The van der Waals surface area contributed by atoms with E-state index in [-0.39, 0.29) is 29.5 Å². The van der Waals surface area contributed by atoms with Crippen LogP contribution in [0.3, 0.4) is 0 Å². The Balaban J connectivity index is 0.00000289. The van der Waals surface area contributed by atoms with Gasteiger partial charge in [-0.2, -0.15) is 13.2 Å². The third-order valence-electron chi connectivity index (χ3n) is 2.25. The summed E-state index contributed by atoms with van der Waals surface area (Å²) in [7, 11) is 1.23. The average molecular weight is 288 g/mol. The number of aromatic hydroxyl groups is 1. The van der Waals surface area contributed by atoms with Crippen molar-refractivity contribution in [1.82, 2.24) is 0 Å². The lowest BCUT2D eigenvalue weighted by Crippen LogP contribution is -2.39. The molecule has 0 aliphatic heterocycles. The van der Waals surface area contributed by atoms with E-state index in [1.54, 1.807) is 0 Å². The number of benzene rings is 1. The first-order chi connectivity index (χ1) is 7.77. The number of ether oxygens (including phenoxy) is 1. The molecule has 0 aliphatic carbocycles. The first kappa shape index (κ1) is 16.8. The molecule has 0 radical (unpaired) electrons. The highest BCUT2D eigenvalue weighted by atomic mass is 35.5. The molecule has 8 heteroatoms. The summed E-state index contributed by atoms with van der Waals surface area (Å²) in [6, 6.07) is 1.79. The highest BCUT2D eigenvalue weighted by Crippen LogP contribution is 2.34. The Kier molecular flexibility index (Phi) is 5.72. The minimum atomic E-state index is -4.82. The molecular formula is C10H13ClF3NO3. The molecule has 1 rings (SSSR count). The molecule has 0 unspecified atom stereocenters. The fourth-order valence-corrected chi connectivity index (χ4v) is 1.35. The van der Waals surface area contributed by atoms with E-state index in [1.165, 1.54) is 19.2 Å². The van der Waals surface area contributed by atoms with Gasteiger partial charge in [0, 0.05) is 11.6 Å². The Morgan fingerprint density at radius 2 is 1.89 bits per heavy atom. The number of hydrogen-bond donors (Lipinski definition) is 3. The van der Waals surface area contributed by atoms with Gasteiger partial charge < -0.3 is 20.7 Å². The van der Waals surface area contributed by atoms with E-state index in [0.717, 1.165) is 6.07 Å².